The van der Waals surface area contributed by atoms with Crippen molar-refractivity contribution in [1.82, 2.24) is 20.2 Å². The first-order valence-corrected chi connectivity index (χ1v) is 4.86. The Morgan fingerprint density at radius 2 is 2.13 bits per heavy atom. The van der Waals surface area contributed by atoms with Crippen LogP contribution >= 0.6 is 0 Å². The minimum atomic E-state index is 0.705. The van der Waals surface area contributed by atoms with Crippen LogP contribution in [0.15, 0.2) is 36.4 Å². The number of nitrogens with zero attached hydrogens (tertiary/aromatic N) is 4. The molecule has 0 bridgehead atoms. The highest BCUT2D eigenvalue weighted by Gasteiger charge is 2.17. The summed E-state index contributed by atoms with van der Waals surface area (Å²) in [6.07, 6.45) is 0.890. The lowest BCUT2D eigenvalue weighted by molar-refractivity contribution is 0.644. The summed E-state index contributed by atoms with van der Waals surface area (Å²) in [6.45, 7) is 4.74. The molecular weight excluding hydrogens is 188 g/mol. The number of allylic oxidation sites excluding steroid dienone is 1. The fourth-order valence-electron chi connectivity index (χ4n) is 1.93. The molecule has 0 saturated carbocycles. The molecule has 74 valence electrons. The van der Waals surface area contributed by atoms with Gasteiger partial charge < -0.3 is 0 Å². The van der Waals surface area contributed by atoms with Crippen LogP contribution in [-0.2, 0) is 13.0 Å². The maximum absolute atomic E-state index is 4.05. The Bertz CT molecular complexity index is 527. The largest absolute Gasteiger partial charge is 0.221 e. The molecule has 4 nitrogen and oxygen atoms in total. The van der Waals surface area contributed by atoms with Gasteiger partial charge in [-0.25, -0.2) is 4.68 Å². The van der Waals surface area contributed by atoms with Gasteiger partial charge in [-0.15, -0.1) is 5.10 Å². The van der Waals surface area contributed by atoms with E-state index in [9.17, 15) is 0 Å². The van der Waals surface area contributed by atoms with Crippen LogP contribution in [-0.4, -0.2) is 20.2 Å². The van der Waals surface area contributed by atoms with Crippen LogP contribution in [0.1, 0.15) is 5.56 Å². The van der Waals surface area contributed by atoms with Gasteiger partial charge in [0, 0.05) is 5.56 Å². The minimum absolute atomic E-state index is 0.705. The van der Waals surface area contributed by atoms with Crippen molar-refractivity contribution in [1.29, 1.82) is 0 Å². The lowest BCUT2D eigenvalue weighted by Gasteiger charge is -2.02. The summed E-state index contributed by atoms with van der Waals surface area (Å²) in [5.41, 5.74) is 3.49. The van der Waals surface area contributed by atoms with E-state index in [0.29, 0.717) is 6.54 Å². The molecule has 0 N–H and O–H groups in total. The molecule has 0 fully saturated rings. The van der Waals surface area contributed by atoms with Crippen LogP contribution in [0.4, 0.5) is 0 Å². The Morgan fingerprint density at radius 1 is 1.27 bits per heavy atom. The van der Waals surface area contributed by atoms with Crippen LogP contribution in [0.2, 0.25) is 0 Å². The highest BCUT2D eigenvalue weighted by molar-refractivity contribution is 5.61. The number of tetrazole rings is 1. The van der Waals surface area contributed by atoms with E-state index in [1.54, 1.807) is 4.68 Å². The molecule has 0 saturated heterocycles. The second-order valence-electron chi connectivity index (χ2n) is 3.74. The molecule has 0 aliphatic carbocycles. The Hall–Kier alpha value is -1.97. The third-order valence-electron chi connectivity index (χ3n) is 2.60. The van der Waals surface area contributed by atoms with E-state index in [1.807, 2.05) is 12.1 Å². The second-order valence-corrected chi connectivity index (χ2v) is 3.74. The number of benzene rings is 1. The zero-order valence-electron chi connectivity index (χ0n) is 8.22. The van der Waals surface area contributed by atoms with Crippen LogP contribution in [0.5, 0.6) is 0 Å². The number of hydrogen-bond donors (Lipinski definition) is 0. The predicted molar refractivity (Wildman–Crippen MR) is 56.1 cm³/mol. The molecular formula is C11H10N4. The van der Waals surface area contributed by atoms with Crippen LogP contribution in [0, 0.1) is 0 Å². The number of rotatable bonds is 0. The molecule has 1 aliphatic rings. The molecule has 0 radical (unpaired) electrons. The molecule has 2 aromatic rings. The van der Waals surface area contributed by atoms with Gasteiger partial charge >= 0.3 is 0 Å². The van der Waals surface area contributed by atoms with Crippen molar-refractivity contribution in [3.63, 3.8) is 0 Å². The van der Waals surface area contributed by atoms with Gasteiger partial charge in [-0.1, -0.05) is 36.4 Å². The van der Waals surface area contributed by atoms with E-state index in [-0.39, 0.29) is 0 Å². The lowest BCUT2D eigenvalue weighted by Crippen LogP contribution is -2.02. The summed E-state index contributed by atoms with van der Waals surface area (Å²) in [5.74, 6) is 0.837. The van der Waals surface area contributed by atoms with Gasteiger partial charge in [-0.05, 0) is 22.4 Å². The quantitative estimate of drug-likeness (QED) is 0.602. The van der Waals surface area contributed by atoms with Gasteiger partial charge in [0.25, 0.3) is 0 Å². The molecule has 0 amide bonds. The zero-order chi connectivity index (χ0) is 10.3. The van der Waals surface area contributed by atoms with E-state index < -0.39 is 0 Å². The van der Waals surface area contributed by atoms with Gasteiger partial charge in [0.2, 0.25) is 0 Å². The van der Waals surface area contributed by atoms with Gasteiger partial charge in [-0.2, -0.15) is 0 Å². The smallest absolute Gasteiger partial charge is 0.182 e. The van der Waals surface area contributed by atoms with Gasteiger partial charge in [0.15, 0.2) is 5.82 Å². The summed E-state index contributed by atoms with van der Waals surface area (Å²) in [4.78, 5) is 0. The van der Waals surface area contributed by atoms with Crippen LogP contribution in [0.3, 0.4) is 0 Å². The third kappa shape index (κ3) is 1.26. The summed E-state index contributed by atoms with van der Waals surface area (Å²) in [5, 5.41) is 11.7. The Balaban J connectivity index is 2.29. The van der Waals surface area contributed by atoms with E-state index in [4.69, 9.17) is 0 Å². The van der Waals surface area contributed by atoms with E-state index in [0.717, 1.165) is 23.4 Å². The predicted octanol–water partition coefficient (Wildman–Crippen LogP) is 1.45. The number of fused-ring (bicyclic) bond motifs is 3. The fraction of sp³-hybridized carbons (Fsp3) is 0.182. The number of aromatic nitrogens is 4. The van der Waals surface area contributed by atoms with Crippen molar-refractivity contribution in [3.8, 4) is 11.4 Å². The highest BCUT2D eigenvalue weighted by atomic mass is 15.5. The average molecular weight is 198 g/mol. The Kier molecular flexibility index (Phi) is 1.68. The van der Waals surface area contributed by atoms with Crippen LogP contribution < -0.4 is 0 Å². The molecule has 2 heterocycles. The van der Waals surface area contributed by atoms with Crippen molar-refractivity contribution in [2.24, 2.45) is 0 Å². The maximum atomic E-state index is 4.05. The van der Waals surface area contributed by atoms with E-state index in [2.05, 4.69) is 34.2 Å². The van der Waals surface area contributed by atoms with Crippen molar-refractivity contribution >= 4 is 0 Å². The van der Waals surface area contributed by atoms with E-state index in [1.165, 1.54) is 5.56 Å². The maximum Gasteiger partial charge on any atom is 0.182 e. The summed E-state index contributed by atoms with van der Waals surface area (Å²) < 4.78 is 1.80. The molecule has 1 aromatic carbocycles. The molecule has 1 aliphatic heterocycles. The molecule has 0 unspecified atom stereocenters. The van der Waals surface area contributed by atoms with Crippen molar-refractivity contribution in [3.05, 3.63) is 42.0 Å². The first-order chi connectivity index (χ1) is 7.34. The Labute approximate surface area is 87.2 Å². The van der Waals surface area contributed by atoms with Gasteiger partial charge in [-0.3, -0.25) is 0 Å². The Morgan fingerprint density at radius 3 is 3.07 bits per heavy atom. The first-order valence-electron chi connectivity index (χ1n) is 4.86. The minimum Gasteiger partial charge on any atom is -0.221 e. The molecule has 0 spiro atoms. The summed E-state index contributed by atoms with van der Waals surface area (Å²) in [6, 6.07) is 8.19. The molecule has 3 rings (SSSR count). The SMILES string of the molecule is C=C1Cc2ccccc2-c2nnnn2C1. The monoisotopic (exact) mass is 198 g/mol. The second kappa shape index (κ2) is 3.02. The third-order valence-corrected chi connectivity index (χ3v) is 2.60. The van der Waals surface area contributed by atoms with E-state index >= 15 is 0 Å². The zero-order valence-corrected chi connectivity index (χ0v) is 8.22. The molecule has 4 heteroatoms. The fourth-order valence-corrected chi connectivity index (χ4v) is 1.93. The molecule has 0 atom stereocenters. The lowest BCUT2D eigenvalue weighted by atomic mass is 10.0. The van der Waals surface area contributed by atoms with Gasteiger partial charge in [0.05, 0.1) is 6.54 Å². The summed E-state index contributed by atoms with van der Waals surface area (Å²) in [7, 11) is 0. The average Bonchev–Trinajstić information content (AvgIpc) is 2.62. The topological polar surface area (TPSA) is 43.6 Å². The van der Waals surface area contributed by atoms with Gasteiger partial charge in [0.1, 0.15) is 0 Å². The first kappa shape index (κ1) is 8.35. The van der Waals surface area contributed by atoms with Crippen molar-refractivity contribution < 1.29 is 0 Å². The number of hydrogen-bond acceptors (Lipinski definition) is 3. The van der Waals surface area contributed by atoms with Crippen LogP contribution in [0.25, 0.3) is 11.4 Å². The highest BCUT2D eigenvalue weighted by Crippen LogP contribution is 2.26. The molecule has 15 heavy (non-hydrogen) atoms. The normalized spacial score (nSPS) is 14.3. The van der Waals surface area contributed by atoms with Crippen molar-refractivity contribution in [2.45, 2.75) is 13.0 Å². The molecule has 1 aromatic heterocycles. The summed E-state index contributed by atoms with van der Waals surface area (Å²) >= 11 is 0. The van der Waals surface area contributed by atoms with Crippen molar-refractivity contribution in [2.75, 3.05) is 0 Å². The standard InChI is InChI=1S/C11H10N4/c1-8-6-9-4-2-3-5-10(9)11-12-13-14-15(11)7-8/h2-5H,1,6-7H2.